The third kappa shape index (κ3) is 5.46. The van der Waals surface area contributed by atoms with Gasteiger partial charge < -0.3 is 4.90 Å². The van der Waals surface area contributed by atoms with Crippen LogP contribution in [0.3, 0.4) is 0 Å². The van der Waals surface area contributed by atoms with E-state index in [0.717, 1.165) is 39.7 Å². The van der Waals surface area contributed by atoms with E-state index in [1.165, 1.54) is 16.7 Å². The molecule has 0 radical (unpaired) electrons. The van der Waals surface area contributed by atoms with Gasteiger partial charge in [0, 0.05) is 28.2 Å². The molecule has 7 rings (SSSR count). The molecule has 0 aliphatic rings. The van der Waals surface area contributed by atoms with Crippen LogP contribution in [0.5, 0.6) is 0 Å². The molecule has 4 nitrogen and oxygen atoms in total. The fourth-order valence-corrected chi connectivity index (χ4v) is 5.29. The first-order valence-electron chi connectivity index (χ1n) is 14.4. The van der Waals surface area contributed by atoms with E-state index >= 15 is 0 Å². The lowest BCUT2D eigenvalue weighted by atomic mass is 10.0. The summed E-state index contributed by atoms with van der Waals surface area (Å²) in [7, 11) is 0. The van der Waals surface area contributed by atoms with Gasteiger partial charge in [0.05, 0.1) is 5.69 Å². The molecule has 1 aromatic heterocycles. The maximum atomic E-state index is 4.96. The Kier molecular flexibility index (Phi) is 7.08. The Labute approximate surface area is 252 Å². The molecule has 0 amide bonds. The van der Waals surface area contributed by atoms with Gasteiger partial charge in [-0.15, -0.1) is 5.10 Å². The number of nitrogens with zero attached hydrogens (tertiary/aromatic N) is 4. The van der Waals surface area contributed by atoms with Crippen LogP contribution in [-0.2, 0) is 0 Å². The molecule has 206 valence electrons. The van der Waals surface area contributed by atoms with Crippen molar-refractivity contribution in [3.8, 4) is 39.6 Å². The molecule has 0 aliphatic heterocycles. The lowest BCUT2D eigenvalue weighted by molar-refractivity contribution is 0.890. The number of rotatable bonds is 7. The standard InChI is InChI=1S/C39H30N4/c1-29-17-21-34(22-18-29)42(35-23-19-31(20-24-35)30-11-5-2-6-12-30)36-25-27-37(28-26-36)43-39(33-15-9-4-10-16-33)40-38(41-43)32-13-7-3-8-14-32/h2-28H,1H3. The van der Waals surface area contributed by atoms with Crippen molar-refractivity contribution in [2.75, 3.05) is 4.90 Å². The Morgan fingerprint density at radius 1 is 0.442 bits per heavy atom. The minimum atomic E-state index is 0.698. The molecule has 0 bridgehead atoms. The highest BCUT2D eigenvalue weighted by molar-refractivity contribution is 5.79. The molecule has 0 N–H and O–H groups in total. The lowest BCUT2D eigenvalue weighted by Gasteiger charge is -2.26. The Balaban J connectivity index is 1.29. The first kappa shape index (κ1) is 26.2. The van der Waals surface area contributed by atoms with Gasteiger partial charge in [0.1, 0.15) is 0 Å². The van der Waals surface area contributed by atoms with Crippen LogP contribution in [0.2, 0.25) is 0 Å². The SMILES string of the molecule is Cc1ccc(N(c2ccc(-c3ccccc3)cc2)c2ccc(-n3nc(-c4ccccc4)nc3-c3ccccc3)cc2)cc1. The minimum Gasteiger partial charge on any atom is -0.311 e. The predicted octanol–water partition coefficient (Wildman–Crippen LogP) is 10.0. The molecular formula is C39H30N4. The van der Waals surface area contributed by atoms with E-state index in [9.17, 15) is 0 Å². The molecule has 7 aromatic rings. The molecular weight excluding hydrogens is 524 g/mol. The van der Waals surface area contributed by atoms with Gasteiger partial charge in [-0.05, 0) is 66.6 Å². The van der Waals surface area contributed by atoms with Crippen LogP contribution >= 0.6 is 0 Å². The summed E-state index contributed by atoms with van der Waals surface area (Å²) >= 11 is 0. The molecule has 6 aromatic carbocycles. The quantitative estimate of drug-likeness (QED) is 0.197. The number of hydrogen-bond donors (Lipinski definition) is 0. The highest BCUT2D eigenvalue weighted by atomic mass is 15.4. The second kappa shape index (κ2) is 11.6. The Morgan fingerprint density at radius 3 is 1.44 bits per heavy atom. The molecule has 0 fully saturated rings. The maximum Gasteiger partial charge on any atom is 0.182 e. The van der Waals surface area contributed by atoms with Crippen LogP contribution < -0.4 is 4.90 Å². The second-order valence-electron chi connectivity index (χ2n) is 10.5. The topological polar surface area (TPSA) is 34.0 Å². The molecule has 43 heavy (non-hydrogen) atoms. The Morgan fingerprint density at radius 2 is 0.884 bits per heavy atom. The highest BCUT2D eigenvalue weighted by Crippen LogP contribution is 2.36. The van der Waals surface area contributed by atoms with Gasteiger partial charge in [-0.3, -0.25) is 0 Å². The monoisotopic (exact) mass is 554 g/mol. The van der Waals surface area contributed by atoms with Crippen molar-refractivity contribution in [2.45, 2.75) is 6.92 Å². The third-order valence-electron chi connectivity index (χ3n) is 7.55. The molecule has 0 saturated carbocycles. The zero-order valence-electron chi connectivity index (χ0n) is 23.9. The van der Waals surface area contributed by atoms with E-state index in [0.29, 0.717) is 5.82 Å². The van der Waals surface area contributed by atoms with E-state index in [1.807, 2.05) is 59.3 Å². The molecule has 4 heteroatoms. The highest BCUT2D eigenvalue weighted by Gasteiger charge is 2.17. The summed E-state index contributed by atoms with van der Waals surface area (Å²) in [6.07, 6.45) is 0. The fourth-order valence-electron chi connectivity index (χ4n) is 5.29. The predicted molar refractivity (Wildman–Crippen MR) is 177 cm³/mol. The van der Waals surface area contributed by atoms with Gasteiger partial charge in [0.2, 0.25) is 0 Å². The van der Waals surface area contributed by atoms with Crippen molar-refractivity contribution in [3.05, 3.63) is 169 Å². The van der Waals surface area contributed by atoms with Crippen molar-refractivity contribution >= 4 is 17.1 Å². The summed E-state index contributed by atoms with van der Waals surface area (Å²) in [6, 6.07) is 56.8. The molecule has 0 saturated heterocycles. The number of benzene rings is 6. The summed E-state index contributed by atoms with van der Waals surface area (Å²) in [6.45, 7) is 2.11. The Bertz CT molecular complexity index is 1930. The molecule has 0 spiro atoms. The zero-order valence-corrected chi connectivity index (χ0v) is 23.9. The normalized spacial score (nSPS) is 10.9. The Hall–Kier alpha value is -5.74. The van der Waals surface area contributed by atoms with Gasteiger partial charge in [-0.2, -0.15) is 0 Å². The second-order valence-corrected chi connectivity index (χ2v) is 10.5. The average Bonchev–Trinajstić information content (AvgIpc) is 3.53. The van der Waals surface area contributed by atoms with Crippen LogP contribution in [0.1, 0.15) is 5.56 Å². The van der Waals surface area contributed by atoms with Crippen LogP contribution in [0.4, 0.5) is 17.1 Å². The average molecular weight is 555 g/mol. The fraction of sp³-hybridized carbons (Fsp3) is 0.0256. The zero-order chi connectivity index (χ0) is 29.0. The van der Waals surface area contributed by atoms with Gasteiger partial charge >= 0.3 is 0 Å². The van der Waals surface area contributed by atoms with Crippen LogP contribution in [-0.4, -0.2) is 14.8 Å². The number of hydrogen-bond acceptors (Lipinski definition) is 3. The number of aryl methyl sites for hydroxylation is 1. The maximum absolute atomic E-state index is 4.96. The summed E-state index contributed by atoms with van der Waals surface area (Å²) < 4.78 is 1.94. The smallest absolute Gasteiger partial charge is 0.182 e. The molecule has 0 atom stereocenters. The summed E-state index contributed by atoms with van der Waals surface area (Å²) in [5.74, 6) is 1.50. The van der Waals surface area contributed by atoms with E-state index < -0.39 is 0 Å². The largest absolute Gasteiger partial charge is 0.311 e. The van der Waals surface area contributed by atoms with Crippen LogP contribution in [0, 0.1) is 6.92 Å². The lowest BCUT2D eigenvalue weighted by Crippen LogP contribution is -2.10. The third-order valence-corrected chi connectivity index (χ3v) is 7.55. The van der Waals surface area contributed by atoms with E-state index in [4.69, 9.17) is 10.1 Å². The van der Waals surface area contributed by atoms with E-state index in [2.05, 4.69) is 121 Å². The van der Waals surface area contributed by atoms with Gasteiger partial charge in [0.15, 0.2) is 11.6 Å². The number of anilines is 3. The number of aromatic nitrogens is 3. The molecule has 0 aliphatic carbocycles. The summed E-state index contributed by atoms with van der Waals surface area (Å²) in [5, 5.41) is 4.96. The van der Waals surface area contributed by atoms with Crippen molar-refractivity contribution < 1.29 is 0 Å². The van der Waals surface area contributed by atoms with E-state index in [1.54, 1.807) is 0 Å². The van der Waals surface area contributed by atoms with E-state index in [-0.39, 0.29) is 0 Å². The molecule has 0 unspecified atom stereocenters. The minimum absolute atomic E-state index is 0.698. The first-order chi connectivity index (χ1) is 21.2. The van der Waals surface area contributed by atoms with Gasteiger partial charge in [-0.1, -0.05) is 121 Å². The summed E-state index contributed by atoms with van der Waals surface area (Å²) in [4.78, 5) is 7.25. The van der Waals surface area contributed by atoms with Gasteiger partial charge in [-0.25, -0.2) is 9.67 Å². The van der Waals surface area contributed by atoms with Crippen LogP contribution in [0.25, 0.3) is 39.6 Å². The van der Waals surface area contributed by atoms with Crippen molar-refractivity contribution in [1.82, 2.24) is 14.8 Å². The molecule has 1 heterocycles. The first-order valence-corrected chi connectivity index (χ1v) is 14.4. The van der Waals surface area contributed by atoms with Gasteiger partial charge in [0.25, 0.3) is 0 Å². The summed E-state index contributed by atoms with van der Waals surface area (Å²) in [5.41, 5.74) is 9.82. The van der Waals surface area contributed by atoms with Crippen molar-refractivity contribution in [1.29, 1.82) is 0 Å². The van der Waals surface area contributed by atoms with Crippen molar-refractivity contribution in [2.24, 2.45) is 0 Å². The van der Waals surface area contributed by atoms with Crippen molar-refractivity contribution in [3.63, 3.8) is 0 Å². The van der Waals surface area contributed by atoms with Crippen LogP contribution in [0.15, 0.2) is 164 Å².